The third kappa shape index (κ3) is 2.32. The lowest BCUT2D eigenvalue weighted by molar-refractivity contribution is 0.0692. The van der Waals surface area contributed by atoms with Crippen LogP contribution in [0.3, 0.4) is 0 Å². The van der Waals surface area contributed by atoms with Crippen LogP contribution in [-0.2, 0) is 0 Å². The van der Waals surface area contributed by atoms with Gasteiger partial charge in [-0.15, -0.1) is 0 Å². The zero-order chi connectivity index (χ0) is 14.9. The number of nitrogens with two attached hydrogens (primary N) is 1. The smallest absolute Gasteiger partial charge is 0.351 e. The summed E-state index contributed by atoms with van der Waals surface area (Å²) in [6, 6.07) is 4.58. The maximum Gasteiger partial charge on any atom is 0.351 e. The zero-order valence-corrected chi connectivity index (χ0v) is 11.3. The van der Waals surface area contributed by atoms with Crippen molar-refractivity contribution in [1.29, 1.82) is 0 Å². The lowest BCUT2D eigenvalue weighted by Crippen LogP contribution is -2.23. The van der Waals surface area contributed by atoms with Gasteiger partial charge in [-0.1, -0.05) is 0 Å². The number of aromatic carboxylic acids is 1. The van der Waals surface area contributed by atoms with E-state index in [1.165, 1.54) is 6.07 Å². The molecule has 0 saturated carbocycles. The zero-order valence-electron chi connectivity index (χ0n) is 11.3. The maximum absolute atomic E-state index is 11.6. The number of hydrogen-bond donors (Lipinski definition) is 2. The summed E-state index contributed by atoms with van der Waals surface area (Å²) < 4.78 is 5.07. The fourth-order valence-electron chi connectivity index (χ4n) is 2.16. The number of carboxylic acids is 1. The number of rotatable bonds is 4. The van der Waals surface area contributed by atoms with Crippen LogP contribution in [0.1, 0.15) is 24.2 Å². The Bertz CT molecular complexity index is 717. The van der Waals surface area contributed by atoms with Crippen molar-refractivity contribution in [3.8, 4) is 0 Å². The molecule has 6 heteroatoms. The highest BCUT2D eigenvalue weighted by atomic mass is 16.4. The number of nitrogen functional groups attached to an aromatic ring is 1. The standard InChI is InChI=1S/C14H16N2O4/c1-3-16(4-2)11-7-12-8(6-10(11)15)5-9(13(17)18)14(19)20-12/h5-7H,3-4,15H2,1-2H3,(H,17,18). The van der Waals surface area contributed by atoms with Crippen LogP contribution >= 0.6 is 0 Å². The highest BCUT2D eigenvalue weighted by Crippen LogP contribution is 2.28. The van der Waals surface area contributed by atoms with Gasteiger partial charge in [-0.25, -0.2) is 9.59 Å². The van der Waals surface area contributed by atoms with E-state index < -0.39 is 17.2 Å². The second-order valence-electron chi connectivity index (χ2n) is 4.37. The van der Waals surface area contributed by atoms with Gasteiger partial charge in [0.2, 0.25) is 0 Å². The van der Waals surface area contributed by atoms with Crippen LogP contribution in [0.25, 0.3) is 11.0 Å². The van der Waals surface area contributed by atoms with Crippen LogP contribution in [0, 0.1) is 0 Å². The van der Waals surface area contributed by atoms with E-state index in [1.54, 1.807) is 12.1 Å². The molecule has 106 valence electrons. The Morgan fingerprint density at radius 2 is 1.95 bits per heavy atom. The summed E-state index contributed by atoms with van der Waals surface area (Å²) in [6.07, 6.45) is 0. The third-order valence-electron chi connectivity index (χ3n) is 3.22. The number of carbonyl (C=O) groups is 1. The summed E-state index contributed by atoms with van der Waals surface area (Å²) in [5, 5.41) is 9.41. The van der Waals surface area contributed by atoms with Gasteiger partial charge in [0.15, 0.2) is 0 Å². The van der Waals surface area contributed by atoms with Crippen molar-refractivity contribution in [3.63, 3.8) is 0 Å². The minimum Gasteiger partial charge on any atom is -0.477 e. The molecule has 3 N–H and O–H groups in total. The Hall–Kier alpha value is -2.50. The van der Waals surface area contributed by atoms with E-state index in [0.717, 1.165) is 18.8 Å². The number of carboxylic acid groups (broad SMARTS) is 1. The van der Waals surface area contributed by atoms with Gasteiger partial charge in [0.1, 0.15) is 11.1 Å². The molecule has 6 nitrogen and oxygen atoms in total. The van der Waals surface area contributed by atoms with Crippen molar-refractivity contribution in [2.75, 3.05) is 23.7 Å². The van der Waals surface area contributed by atoms with Crippen LogP contribution in [-0.4, -0.2) is 24.2 Å². The first-order valence-electron chi connectivity index (χ1n) is 6.33. The van der Waals surface area contributed by atoms with Crippen LogP contribution in [0.2, 0.25) is 0 Å². The normalized spacial score (nSPS) is 10.7. The van der Waals surface area contributed by atoms with Crippen LogP contribution in [0.15, 0.2) is 27.4 Å². The second kappa shape index (κ2) is 5.24. The number of hydrogen-bond acceptors (Lipinski definition) is 5. The topological polar surface area (TPSA) is 96.8 Å². The molecule has 0 atom stereocenters. The van der Waals surface area contributed by atoms with Gasteiger partial charge in [0.05, 0.1) is 11.4 Å². The molecule has 20 heavy (non-hydrogen) atoms. The summed E-state index contributed by atoms with van der Waals surface area (Å²) >= 11 is 0. The van der Waals surface area contributed by atoms with E-state index in [2.05, 4.69) is 0 Å². The Morgan fingerprint density at radius 1 is 1.30 bits per heavy atom. The number of anilines is 2. The van der Waals surface area contributed by atoms with Crippen molar-refractivity contribution in [2.24, 2.45) is 0 Å². The van der Waals surface area contributed by atoms with E-state index >= 15 is 0 Å². The van der Waals surface area contributed by atoms with E-state index in [0.29, 0.717) is 16.7 Å². The predicted molar refractivity (Wildman–Crippen MR) is 77.4 cm³/mol. The van der Waals surface area contributed by atoms with Gasteiger partial charge >= 0.3 is 11.6 Å². The van der Waals surface area contributed by atoms with Crippen LogP contribution in [0.4, 0.5) is 11.4 Å². The molecule has 1 aromatic carbocycles. The summed E-state index contributed by atoms with van der Waals surface area (Å²) in [5.74, 6) is -1.31. The molecule has 0 saturated heterocycles. The fraction of sp³-hybridized carbons (Fsp3) is 0.286. The van der Waals surface area contributed by atoms with Gasteiger partial charge in [-0.2, -0.15) is 0 Å². The lowest BCUT2D eigenvalue weighted by Gasteiger charge is -2.22. The minimum atomic E-state index is -1.31. The summed E-state index contributed by atoms with van der Waals surface area (Å²) in [7, 11) is 0. The molecule has 0 aliphatic rings. The van der Waals surface area contributed by atoms with Crippen molar-refractivity contribution in [3.05, 3.63) is 34.2 Å². The summed E-state index contributed by atoms with van der Waals surface area (Å²) in [5.41, 5.74) is 6.36. The molecule has 0 spiro atoms. The molecule has 1 heterocycles. The molecule has 0 amide bonds. The third-order valence-corrected chi connectivity index (χ3v) is 3.22. The highest BCUT2D eigenvalue weighted by molar-refractivity contribution is 5.94. The first kappa shape index (κ1) is 13.9. The van der Waals surface area contributed by atoms with Crippen molar-refractivity contribution in [2.45, 2.75) is 13.8 Å². The summed E-state index contributed by atoms with van der Waals surface area (Å²) in [4.78, 5) is 24.5. The largest absolute Gasteiger partial charge is 0.477 e. The molecule has 0 aliphatic heterocycles. The number of nitrogens with zero attached hydrogens (tertiary/aromatic N) is 1. The van der Waals surface area contributed by atoms with Gasteiger partial charge in [-0.05, 0) is 26.0 Å². The van der Waals surface area contributed by atoms with E-state index in [9.17, 15) is 9.59 Å². The average molecular weight is 276 g/mol. The van der Waals surface area contributed by atoms with E-state index in [1.807, 2.05) is 18.7 Å². The molecule has 2 rings (SSSR count). The van der Waals surface area contributed by atoms with E-state index in [4.69, 9.17) is 15.3 Å². The van der Waals surface area contributed by atoms with Crippen LogP contribution in [0.5, 0.6) is 0 Å². The van der Waals surface area contributed by atoms with Gasteiger partial charge in [0, 0.05) is 24.5 Å². The fourth-order valence-corrected chi connectivity index (χ4v) is 2.16. The molecular formula is C14H16N2O4. The average Bonchev–Trinajstić information content (AvgIpc) is 2.40. The van der Waals surface area contributed by atoms with Crippen molar-refractivity contribution >= 4 is 28.3 Å². The number of benzene rings is 1. The van der Waals surface area contributed by atoms with Crippen molar-refractivity contribution < 1.29 is 14.3 Å². The van der Waals surface area contributed by atoms with Gasteiger partial charge < -0.3 is 20.2 Å². The molecule has 0 unspecified atom stereocenters. The highest BCUT2D eigenvalue weighted by Gasteiger charge is 2.15. The molecule has 0 aliphatic carbocycles. The molecule has 0 bridgehead atoms. The van der Waals surface area contributed by atoms with Gasteiger partial charge in [-0.3, -0.25) is 0 Å². The second-order valence-corrected chi connectivity index (χ2v) is 4.37. The first-order chi connectivity index (χ1) is 9.47. The molecule has 0 radical (unpaired) electrons. The Labute approximate surface area is 115 Å². The minimum absolute atomic E-state index is 0.330. The quantitative estimate of drug-likeness (QED) is 0.654. The SMILES string of the molecule is CCN(CC)c1cc2oc(=O)c(C(=O)O)cc2cc1N. The Balaban J connectivity index is 2.69. The predicted octanol–water partition coefficient (Wildman–Crippen LogP) is 1.92. The molecule has 2 aromatic rings. The lowest BCUT2D eigenvalue weighted by atomic mass is 10.1. The monoisotopic (exact) mass is 276 g/mol. The maximum atomic E-state index is 11.6. The molecular weight excluding hydrogens is 260 g/mol. The van der Waals surface area contributed by atoms with Crippen molar-refractivity contribution in [1.82, 2.24) is 0 Å². The molecule has 1 aromatic heterocycles. The first-order valence-corrected chi connectivity index (χ1v) is 6.33. The Morgan fingerprint density at radius 3 is 2.50 bits per heavy atom. The summed E-state index contributed by atoms with van der Waals surface area (Å²) in [6.45, 7) is 5.53. The van der Waals surface area contributed by atoms with E-state index in [-0.39, 0.29) is 0 Å². The Kier molecular flexibility index (Phi) is 3.65. The molecule has 0 fully saturated rings. The number of fused-ring (bicyclic) bond motifs is 1. The van der Waals surface area contributed by atoms with Gasteiger partial charge in [0.25, 0.3) is 0 Å². The van der Waals surface area contributed by atoms with Crippen LogP contribution < -0.4 is 16.3 Å².